The molecule has 0 aliphatic heterocycles. The molecule has 1 heterocycles. The molecular formula is C14H23N3. The van der Waals surface area contributed by atoms with E-state index in [2.05, 4.69) is 23.0 Å². The van der Waals surface area contributed by atoms with Crippen molar-refractivity contribution in [1.29, 1.82) is 0 Å². The van der Waals surface area contributed by atoms with Gasteiger partial charge in [-0.05, 0) is 44.4 Å². The number of nitrogens with zero attached hydrogens (tertiary/aromatic N) is 2. The van der Waals surface area contributed by atoms with Gasteiger partial charge in [0.2, 0.25) is 0 Å². The number of nitrogens with two attached hydrogens (primary N) is 1. The van der Waals surface area contributed by atoms with E-state index in [1.807, 2.05) is 18.3 Å². The summed E-state index contributed by atoms with van der Waals surface area (Å²) in [5.74, 6) is 0.771. The van der Waals surface area contributed by atoms with Gasteiger partial charge in [0.05, 0.1) is 5.69 Å². The first kappa shape index (κ1) is 12.5. The summed E-state index contributed by atoms with van der Waals surface area (Å²) >= 11 is 0. The molecule has 1 aliphatic carbocycles. The molecule has 3 nitrogen and oxygen atoms in total. The Labute approximate surface area is 104 Å². The van der Waals surface area contributed by atoms with Crippen molar-refractivity contribution in [1.82, 2.24) is 9.88 Å². The van der Waals surface area contributed by atoms with Crippen molar-refractivity contribution in [3.05, 3.63) is 30.1 Å². The van der Waals surface area contributed by atoms with Crippen LogP contribution in [0.25, 0.3) is 0 Å². The molecule has 0 aromatic carbocycles. The minimum absolute atomic E-state index is 0.428. The molecule has 1 aromatic rings. The molecule has 2 N–H and O–H groups in total. The van der Waals surface area contributed by atoms with E-state index in [0.29, 0.717) is 6.04 Å². The van der Waals surface area contributed by atoms with Crippen LogP contribution in [0.1, 0.15) is 31.4 Å². The second-order valence-corrected chi connectivity index (χ2v) is 5.31. The maximum atomic E-state index is 6.02. The minimum Gasteiger partial charge on any atom is -0.328 e. The van der Waals surface area contributed by atoms with Crippen molar-refractivity contribution >= 4 is 0 Å². The molecule has 0 bridgehead atoms. The first-order valence-electron chi connectivity index (χ1n) is 6.58. The zero-order chi connectivity index (χ0) is 12.1. The van der Waals surface area contributed by atoms with E-state index in [1.165, 1.54) is 25.7 Å². The van der Waals surface area contributed by atoms with E-state index in [4.69, 9.17) is 5.73 Å². The molecular weight excluding hydrogens is 210 g/mol. The lowest BCUT2D eigenvalue weighted by Gasteiger charge is -2.30. The van der Waals surface area contributed by atoms with Gasteiger partial charge in [0, 0.05) is 25.3 Å². The zero-order valence-corrected chi connectivity index (χ0v) is 10.7. The van der Waals surface area contributed by atoms with Crippen LogP contribution in [0.4, 0.5) is 0 Å². The summed E-state index contributed by atoms with van der Waals surface area (Å²) in [6, 6.07) is 6.52. The summed E-state index contributed by atoms with van der Waals surface area (Å²) in [6.07, 6.45) is 6.89. The van der Waals surface area contributed by atoms with E-state index < -0.39 is 0 Å². The van der Waals surface area contributed by atoms with E-state index in [1.54, 1.807) is 0 Å². The summed E-state index contributed by atoms with van der Waals surface area (Å²) in [5.41, 5.74) is 7.17. The molecule has 1 saturated carbocycles. The Hall–Kier alpha value is -0.930. The van der Waals surface area contributed by atoms with Crippen molar-refractivity contribution in [3.8, 4) is 0 Å². The molecule has 1 aliphatic rings. The smallest absolute Gasteiger partial charge is 0.0543 e. The van der Waals surface area contributed by atoms with Gasteiger partial charge in [0.15, 0.2) is 0 Å². The van der Waals surface area contributed by atoms with Gasteiger partial charge in [-0.15, -0.1) is 0 Å². The minimum atomic E-state index is 0.428. The Kier molecular flexibility index (Phi) is 4.51. The number of hydrogen-bond donors (Lipinski definition) is 1. The van der Waals surface area contributed by atoms with Gasteiger partial charge in [0.25, 0.3) is 0 Å². The summed E-state index contributed by atoms with van der Waals surface area (Å²) < 4.78 is 0. The van der Waals surface area contributed by atoms with Crippen molar-refractivity contribution in [2.45, 2.75) is 38.3 Å². The van der Waals surface area contributed by atoms with Gasteiger partial charge in [-0.25, -0.2) is 0 Å². The van der Waals surface area contributed by atoms with E-state index in [9.17, 15) is 0 Å². The lowest BCUT2D eigenvalue weighted by molar-refractivity contribution is 0.215. The van der Waals surface area contributed by atoms with Gasteiger partial charge in [-0.1, -0.05) is 12.5 Å². The fraction of sp³-hybridized carbons (Fsp3) is 0.643. The summed E-state index contributed by atoms with van der Waals surface area (Å²) in [6.45, 7) is 2.08. The average molecular weight is 233 g/mol. The average Bonchev–Trinajstić information content (AvgIpc) is 2.30. The van der Waals surface area contributed by atoms with Crippen LogP contribution in [0.15, 0.2) is 24.4 Å². The summed E-state index contributed by atoms with van der Waals surface area (Å²) in [4.78, 5) is 6.73. The maximum Gasteiger partial charge on any atom is 0.0543 e. The molecule has 0 radical (unpaired) electrons. The molecule has 0 amide bonds. The van der Waals surface area contributed by atoms with Crippen LogP contribution in [-0.2, 0) is 6.54 Å². The van der Waals surface area contributed by atoms with Crippen molar-refractivity contribution in [2.75, 3.05) is 13.6 Å². The highest BCUT2D eigenvalue weighted by molar-refractivity contribution is 5.03. The molecule has 1 aromatic heterocycles. The molecule has 0 saturated heterocycles. The third-order valence-electron chi connectivity index (χ3n) is 3.55. The fourth-order valence-corrected chi connectivity index (χ4v) is 2.77. The highest BCUT2D eigenvalue weighted by atomic mass is 15.1. The SMILES string of the molecule is CN(Cc1ccccn1)CC1CCCC(N)C1. The largest absolute Gasteiger partial charge is 0.328 e. The van der Waals surface area contributed by atoms with Crippen LogP contribution in [0.3, 0.4) is 0 Å². The monoisotopic (exact) mass is 233 g/mol. The van der Waals surface area contributed by atoms with Crippen LogP contribution in [0.2, 0.25) is 0 Å². The van der Waals surface area contributed by atoms with Gasteiger partial charge in [-0.3, -0.25) is 4.98 Å². The molecule has 0 spiro atoms. The van der Waals surface area contributed by atoms with Crippen LogP contribution >= 0.6 is 0 Å². The van der Waals surface area contributed by atoms with Crippen LogP contribution in [0.5, 0.6) is 0 Å². The van der Waals surface area contributed by atoms with Gasteiger partial charge in [-0.2, -0.15) is 0 Å². The first-order chi connectivity index (χ1) is 8.24. The predicted octanol–water partition coefficient (Wildman–Crippen LogP) is 2.03. The Bertz CT molecular complexity index is 325. The normalized spacial score (nSPS) is 25.1. The van der Waals surface area contributed by atoms with Crippen molar-refractivity contribution in [3.63, 3.8) is 0 Å². The summed E-state index contributed by atoms with van der Waals surface area (Å²) in [5, 5.41) is 0. The fourth-order valence-electron chi connectivity index (χ4n) is 2.77. The zero-order valence-electron chi connectivity index (χ0n) is 10.7. The molecule has 2 rings (SSSR count). The second-order valence-electron chi connectivity index (χ2n) is 5.31. The quantitative estimate of drug-likeness (QED) is 0.865. The molecule has 2 unspecified atom stereocenters. The predicted molar refractivity (Wildman–Crippen MR) is 70.5 cm³/mol. The number of rotatable bonds is 4. The van der Waals surface area contributed by atoms with Gasteiger partial charge < -0.3 is 10.6 Å². The first-order valence-corrected chi connectivity index (χ1v) is 6.58. The lowest BCUT2D eigenvalue weighted by atomic mass is 9.86. The topological polar surface area (TPSA) is 42.2 Å². The molecule has 3 heteroatoms. The summed E-state index contributed by atoms with van der Waals surface area (Å²) in [7, 11) is 2.18. The van der Waals surface area contributed by atoms with Crippen LogP contribution < -0.4 is 5.73 Å². The number of aromatic nitrogens is 1. The van der Waals surface area contributed by atoms with Gasteiger partial charge >= 0.3 is 0 Å². The third-order valence-corrected chi connectivity index (χ3v) is 3.55. The van der Waals surface area contributed by atoms with Gasteiger partial charge in [0.1, 0.15) is 0 Å². The highest BCUT2D eigenvalue weighted by Gasteiger charge is 2.20. The number of hydrogen-bond acceptors (Lipinski definition) is 3. The maximum absolute atomic E-state index is 6.02. The Morgan fingerprint density at radius 2 is 2.29 bits per heavy atom. The molecule has 94 valence electrons. The van der Waals surface area contributed by atoms with Crippen molar-refractivity contribution < 1.29 is 0 Å². The van der Waals surface area contributed by atoms with E-state index in [0.717, 1.165) is 24.7 Å². The second kappa shape index (κ2) is 6.12. The Balaban J connectivity index is 1.79. The molecule has 17 heavy (non-hydrogen) atoms. The lowest BCUT2D eigenvalue weighted by Crippen LogP contribution is -2.34. The van der Waals surface area contributed by atoms with E-state index >= 15 is 0 Å². The Morgan fingerprint density at radius 1 is 1.41 bits per heavy atom. The van der Waals surface area contributed by atoms with E-state index in [-0.39, 0.29) is 0 Å². The number of pyridine rings is 1. The van der Waals surface area contributed by atoms with Crippen molar-refractivity contribution in [2.24, 2.45) is 11.7 Å². The highest BCUT2D eigenvalue weighted by Crippen LogP contribution is 2.23. The van der Waals surface area contributed by atoms with Crippen LogP contribution in [0, 0.1) is 5.92 Å². The molecule has 1 fully saturated rings. The Morgan fingerprint density at radius 3 is 3.00 bits per heavy atom. The molecule has 2 atom stereocenters. The van der Waals surface area contributed by atoms with Crippen LogP contribution in [-0.4, -0.2) is 29.5 Å². The third kappa shape index (κ3) is 4.10. The standard InChI is InChI=1S/C14H23N3/c1-17(11-14-7-2-3-8-16-14)10-12-5-4-6-13(15)9-12/h2-3,7-8,12-13H,4-6,9-11,15H2,1H3.